The average molecular weight is 371 g/mol. The summed E-state index contributed by atoms with van der Waals surface area (Å²) < 4.78 is 0. The van der Waals surface area contributed by atoms with Gasteiger partial charge in [0.2, 0.25) is 0 Å². The summed E-state index contributed by atoms with van der Waals surface area (Å²) in [4.78, 5) is 23.3. The molecule has 1 aromatic carbocycles. The van der Waals surface area contributed by atoms with Crippen LogP contribution in [0.25, 0.3) is 0 Å². The lowest BCUT2D eigenvalue weighted by molar-refractivity contribution is 0.0952. The Balaban J connectivity index is 1.59. The van der Waals surface area contributed by atoms with Crippen molar-refractivity contribution >= 4 is 23.5 Å². The zero-order chi connectivity index (χ0) is 18.5. The van der Waals surface area contributed by atoms with Gasteiger partial charge in [0, 0.05) is 43.7 Å². The van der Waals surface area contributed by atoms with Gasteiger partial charge in [-0.05, 0) is 42.9 Å². The van der Waals surface area contributed by atoms with Crippen molar-refractivity contribution in [1.29, 1.82) is 0 Å². The molecule has 6 heteroatoms. The molecule has 3 rings (SSSR count). The van der Waals surface area contributed by atoms with E-state index >= 15 is 0 Å². The first-order valence-electron chi connectivity index (χ1n) is 9.10. The summed E-state index contributed by atoms with van der Waals surface area (Å²) in [6.07, 6.45) is 3.38. The smallest absolute Gasteiger partial charge is 0.251 e. The average Bonchev–Trinajstić information content (AvgIpc) is 3.49. The van der Waals surface area contributed by atoms with Crippen LogP contribution in [0, 0.1) is 5.92 Å². The molecule has 0 unspecified atom stereocenters. The third-order valence-corrected chi connectivity index (χ3v) is 5.32. The van der Waals surface area contributed by atoms with E-state index < -0.39 is 0 Å². The molecule has 1 heterocycles. The molecule has 0 radical (unpaired) electrons. The Morgan fingerprint density at radius 2 is 1.96 bits per heavy atom. The highest BCUT2D eigenvalue weighted by Gasteiger charge is 2.21. The molecule has 0 aliphatic heterocycles. The van der Waals surface area contributed by atoms with Crippen LogP contribution in [0.1, 0.15) is 41.4 Å². The highest BCUT2D eigenvalue weighted by Crippen LogP contribution is 2.27. The standard InChI is InChI=1S/C20H26N4OS/c1-4-17-11-18(24(2)3)23-20(22-17)26-13-15-7-9-16(10-8-15)19(25)21-12-14-5-6-14/h7-11,14H,4-6,12-13H2,1-3H3,(H,21,25). The first-order chi connectivity index (χ1) is 12.5. The van der Waals surface area contributed by atoms with Crippen LogP contribution in [0.4, 0.5) is 5.82 Å². The molecule has 1 aliphatic rings. The largest absolute Gasteiger partial charge is 0.363 e. The van der Waals surface area contributed by atoms with Gasteiger partial charge in [0.05, 0.1) is 0 Å². The predicted molar refractivity (Wildman–Crippen MR) is 107 cm³/mol. The zero-order valence-corrected chi connectivity index (χ0v) is 16.5. The monoisotopic (exact) mass is 370 g/mol. The molecule has 5 nitrogen and oxygen atoms in total. The van der Waals surface area contributed by atoms with Gasteiger partial charge in [-0.15, -0.1) is 0 Å². The summed E-state index contributed by atoms with van der Waals surface area (Å²) >= 11 is 1.62. The van der Waals surface area contributed by atoms with Gasteiger partial charge in [-0.1, -0.05) is 30.8 Å². The van der Waals surface area contributed by atoms with E-state index in [-0.39, 0.29) is 5.91 Å². The molecule has 2 aromatic rings. The maximum Gasteiger partial charge on any atom is 0.251 e. The van der Waals surface area contributed by atoms with Crippen molar-refractivity contribution in [2.45, 2.75) is 37.1 Å². The Bertz CT molecular complexity index is 757. The molecule has 1 aromatic heterocycles. The summed E-state index contributed by atoms with van der Waals surface area (Å²) in [5.41, 5.74) is 2.93. The molecule has 0 bridgehead atoms. The van der Waals surface area contributed by atoms with E-state index in [4.69, 9.17) is 0 Å². The second-order valence-electron chi connectivity index (χ2n) is 6.89. The van der Waals surface area contributed by atoms with E-state index in [2.05, 4.69) is 22.2 Å². The molecular formula is C20H26N4OS. The number of anilines is 1. The minimum atomic E-state index is 0.0192. The lowest BCUT2D eigenvalue weighted by Gasteiger charge is -2.13. The van der Waals surface area contributed by atoms with Crippen molar-refractivity contribution in [3.8, 4) is 0 Å². The van der Waals surface area contributed by atoms with Crippen molar-refractivity contribution in [1.82, 2.24) is 15.3 Å². The Hall–Kier alpha value is -2.08. The van der Waals surface area contributed by atoms with E-state index in [9.17, 15) is 4.79 Å². The van der Waals surface area contributed by atoms with Crippen LogP contribution in [-0.4, -0.2) is 36.5 Å². The van der Waals surface area contributed by atoms with Gasteiger partial charge in [-0.2, -0.15) is 0 Å². The summed E-state index contributed by atoms with van der Waals surface area (Å²) in [6.45, 7) is 2.90. The third-order valence-electron chi connectivity index (χ3n) is 4.40. The van der Waals surface area contributed by atoms with Crippen LogP contribution in [-0.2, 0) is 12.2 Å². The number of nitrogens with one attached hydrogen (secondary N) is 1. The van der Waals surface area contributed by atoms with Crippen molar-refractivity contribution in [2.75, 3.05) is 25.5 Å². The Morgan fingerprint density at radius 3 is 2.58 bits per heavy atom. The lowest BCUT2D eigenvalue weighted by atomic mass is 10.1. The molecular weight excluding hydrogens is 344 g/mol. The first kappa shape index (κ1) is 18.7. The number of thioether (sulfide) groups is 1. The molecule has 1 fully saturated rings. The number of aryl methyl sites for hydroxylation is 1. The van der Waals surface area contributed by atoms with E-state index in [1.807, 2.05) is 49.3 Å². The number of carbonyl (C=O) groups excluding carboxylic acids is 1. The van der Waals surface area contributed by atoms with Crippen molar-refractivity contribution in [2.24, 2.45) is 5.92 Å². The van der Waals surface area contributed by atoms with Crippen LogP contribution >= 0.6 is 11.8 Å². The van der Waals surface area contributed by atoms with Crippen molar-refractivity contribution in [3.63, 3.8) is 0 Å². The van der Waals surface area contributed by atoms with Gasteiger partial charge >= 0.3 is 0 Å². The Morgan fingerprint density at radius 1 is 1.23 bits per heavy atom. The fraction of sp³-hybridized carbons (Fsp3) is 0.450. The number of hydrogen-bond donors (Lipinski definition) is 1. The van der Waals surface area contributed by atoms with Crippen LogP contribution in [0.5, 0.6) is 0 Å². The molecule has 1 amide bonds. The lowest BCUT2D eigenvalue weighted by Crippen LogP contribution is -2.25. The summed E-state index contributed by atoms with van der Waals surface area (Å²) in [7, 11) is 3.98. The summed E-state index contributed by atoms with van der Waals surface area (Å²) in [6, 6.07) is 9.84. The highest BCUT2D eigenvalue weighted by atomic mass is 32.2. The van der Waals surface area contributed by atoms with Gasteiger partial charge in [0.15, 0.2) is 5.16 Å². The van der Waals surface area contributed by atoms with E-state index in [0.717, 1.165) is 46.5 Å². The van der Waals surface area contributed by atoms with Crippen LogP contribution < -0.4 is 10.2 Å². The summed E-state index contributed by atoms with van der Waals surface area (Å²) in [5, 5.41) is 3.79. The number of amides is 1. The number of benzene rings is 1. The Kier molecular flexibility index (Phi) is 6.14. The van der Waals surface area contributed by atoms with Crippen LogP contribution in [0.3, 0.4) is 0 Å². The fourth-order valence-corrected chi connectivity index (χ4v) is 3.32. The molecule has 1 saturated carbocycles. The van der Waals surface area contributed by atoms with Crippen molar-refractivity contribution < 1.29 is 4.79 Å². The van der Waals surface area contributed by atoms with Crippen LogP contribution in [0.2, 0.25) is 0 Å². The van der Waals surface area contributed by atoms with Gasteiger partial charge in [-0.25, -0.2) is 9.97 Å². The molecule has 1 N–H and O–H groups in total. The van der Waals surface area contributed by atoms with Gasteiger partial charge in [-0.3, -0.25) is 4.79 Å². The third kappa shape index (κ3) is 5.21. The van der Waals surface area contributed by atoms with Crippen LogP contribution in [0.15, 0.2) is 35.5 Å². The van der Waals surface area contributed by atoms with E-state index in [1.54, 1.807) is 11.8 Å². The predicted octanol–water partition coefficient (Wildman–Crippen LogP) is 3.54. The van der Waals surface area contributed by atoms with Gasteiger partial charge < -0.3 is 10.2 Å². The Labute approximate surface area is 159 Å². The number of aromatic nitrogens is 2. The number of nitrogens with zero attached hydrogens (tertiary/aromatic N) is 3. The van der Waals surface area contributed by atoms with Crippen molar-refractivity contribution in [3.05, 3.63) is 47.2 Å². The number of rotatable bonds is 8. The molecule has 0 atom stereocenters. The summed E-state index contributed by atoms with van der Waals surface area (Å²) in [5.74, 6) is 2.43. The molecule has 0 spiro atoms. The zero-order valence-electron chi connectivity index (χ0n) is 15.7. The fourth-order valence-electron chi connectivity index (χ4n) is 2.50. The SMILES string of the molecule is CCc1cc(N(C)C)nc(SCc2ccc(C(=O)NCC3CC3)cc2)n1. The minimum Gasteiger partial charge on any atom is -0.363 e. The maximum atomic E-state index is 12.1. The minimum absolute atomic E-state index is 0.0192. The van der Waals surface area contributed by atoms with E-state index in [0.29, 0.717) is 5.92 Å². The van der Waals surface area contributed by atoms with Gasteiger partial charge in [0.25, 0.3) is 5.91 Å². The van der Waals surface area contributed by atoms with Gasteiger partial charge in [0.1, 0.15) is 5.82 Å². The highest BCUT2D eigenvalue weighted by molar-refractivity contribution is 7.98. The second-order valence-corrected chi connectivity index (χ2v) is 7.83. The topological polar surface area (TPSA) is 58.1 Å². The quantitative estimate of drug-likeness (QED) is 0.569. The number of carbonyl (C=O) groups is 1. The molecule has 0 saturated heterocycles. The normalized spacial score (nSPS) is 13.5. The second kappa shape index (κ2) is 8.54. The molecule has 26 heavy (non-hydrogen) atoms. The maximum absolute atomic E-state index is 12.1. The van der Waals surface area contributed by atoms with E-state index in [1.165, 1.54) is 12.8 Å². The number of hydrogen-bond acceptors (Lipinski definition) is 5. The molecule has 138 valence electrons. The molecule has 1 aliphatic carbocycles. The first-order valence-corrected chi connectivity index (χ1v) is 10.1.